The van der Waals surface area contributed by atoms with Gasteiger partial charge in [-0.3, -0.25) is 9.69 Å². The van der Waals surface area contributed by atoms with Gasteiger partial charge in [-0.2, -0.15) is 0 Å². The normalized spacial score (nSPS) is 24.5. The second kappa shape index (κ2) is 9.36. The summed E-state index contributed by atoms with van der Waals surface area (Å²) < 4.78 is 0. The Kier molecular flexibility index (Phi) is 7.08. The molecule has 0 bridgehead atoms. The molecule has 2 saturated heterocycles. The molecular formula is C21H36N6O2. The summed E-state index contributed by atoms with van der Waals surface area (Å²) in [6, 6.07) is 0. The lowest BCUT2D eigenvalue weighted by Crippen LogP contribution is -2.51. The summed E-state index contributed by atoms with van der Waals surface area (Å²) in [6.07, 6.45) is 3.31. The highest BCUT2D eigenvalue weighted by Gasteiger charge is 2.33. The largest absolute Gasteiger partial charge is 0.388 e. The van der Waals surface area contributed by atoms with Gasteiger partial charge in [-0.1, -0.05) is 0 Å². The van der Waals surface area contributed by atoms with Crippen LogP contribution >= 0.6 is 0 Å². The van der Waals surface area contributed by atoms with Crippen LogP contribution in [-0.4, -0.2) is 94.1 Å². The number of likely N-dealkylation sites (tertiary alicyclic amines) is 1. The number of aliphatic hydroxyl groups is 1. The first-order valence-electron chi connectivity index (χ1n) is 10.8. The first-order chi connectivity index (χ1) is 13.8. The molecule has 0 aliphatic carbocycles. The smallest absolute Gasteiger partial charge is 0.222 e. The predicted molar refractivity (Wildman–Crippen MR) is 114 cm³/mol. The van der Waals surface area contributed by atoms with Crippen LogP contribution < -0.4 is 5.73 Å². The van der Waals surface area contributed by atoms with Crippen molar-refractivity contribution in [3.63, 3.8) is 0 Å². The molecule has 1 amide bonds. The molecule has 3 rings (SSSR count). The van der Waals surface area contributed by atoms with E-state index in [1.165, 1.54) is 0 Å². The van der Waals surface area contributed by atoms with Crippen molar-refractivity contribution in [2.24, 2.45) is 0 Å². The minimum absolute atomic E-state index is 0.143. The van der Waals surface area contributed by atoms with E-state index in [4.69, 9.17) is 5.73 Å². The molecule has 2 aliphatic heterocycles. The zero-order valence-corrected chi connectivity index (χ0v) is 18.2. The number of anilines is 1. The third kappa shape index (κ3) is 5.87. The first kappa shape index (κ1) is 21.9. The summed E-state index contributed by atoms with van der Waals surface area (Å²) in [7, 11) is 2.14. The van der Waals surface area contributed by atoms with E-state index >= 15 is 0 Å². The summed E-state index contributed by atoms with van der Waals surface area (Å²) in [5, 5.41) is 11.2. The number of rotatable bonds is 5. The second-order valence-corrected chi connectivity index (χ2v) is 8.77. The van der Waals surface area contributed by atoms with Gasteiger partial charge in [0.25, 0.3) is 0 Å². The second-order valence-electron chi connectivity index (χ2n) is 8.77. The van der Waals surface area contributed by atoms with Crippen LogP contribution in [0.1, 0.15) is 42.6 Å². The molecule has 29 heavy (non-hydrogen) atoms. The Hall–Kier alpha value is -1.77. The molecule has 1 aromatic rings. The van der Waals surface area contributed by atoms with Crippen LogP contribution in [0.15, 0.2) is 0 Å². The highest BCUT2D eigenvalue weighted by molar-refractivity contribution is 5.76. The van der Waals surface area contributed by atoms with E-state index < -0.39 is 5.60 Å². The molecule has 162 valence electrons. The fourth-order valence-corrected chi connectivity index (χ4v) is 4.53. The number of likely N-dealkylation sites (N-methyl/N-ethyl adjacent to an activating group) is 1. The Morgan fingerprint density at radius 2 is 1.72 bits per heavy atom. The van der Waals surface area contributed by atoms with Crippen LogP contribution in [0, 0.1) is 13.8 Å². The lowest BCUT2D eigenvalue weighted by atomic mass is 9.94. The molecule has 0 spiro atoms. The molecule has 1 atom stereocenters. The average molecular weight is 405 g/mol. The van der Waals surface area contributed by atoms with Gasteiger partial charge in [-0.15, -0.1) is 0 Å². The molecule has 8 nitrogen and oxygen atoms in total. The summed E-state index contributed by atoms with van der Waals surface area (Å²) >= 11 is 0. The first-order valence-corrected chi connectivity index (χ1v) is 10.8. The van der Waals surface area contributed by atoms with Gasteiger partial charge in [0.05, 0.1) is 5.60 Å². The third-order valence-electron chi connectivity index (χ3n) is 6.41. The number of nitrogens with zero attached hydrogens (tertiary/aromatic N) is 5. The van der Waals surface area contributed by atoms with Gasteiger partial charge in [0, 0.05) is 63.6 Å². The van der Waals surface area contributed by atoms with Crippen LogP contribution in [0.25, 0.3) is 0 Å². The van der Waals surface area contributed by atoms with Gasteiger partial charge in [-0.25, -0.2) is 9.97 Å². The molecule has 0 unspecified atom stereocenters. The van der Waals surface area contributed by atoms with Crippen molar-refractivity contribution in [3.05, 3.63) is 17.0 Å². The maximum Gasteiger partial charge on any atom is 0.222 e. The quantitative estimate of drug-likeness (QED) is 0.741. The number of hydrogen-bond donors (Lipinski definition) is 2. The fourth-order valence-electron chi connectivity index (χ4n) is 4.53. The van der Waals surface area contributed by atoms with Crippen LogP contribution in [0.4, 0.5) is 5.95 Å². The number of aromatic nitrogens is 2. The van der Waals surface area contributed by atoms with Gasteiger partial charge < -0.3 is 20.6 Å². The Bertz CT molecular complexity index is 696. The van der Waals surface area contributed by atoms with Crippen molar-refractivity contribution in [3.8, 4) is 0 Å². The number of hydrogen-bond acceptors (Lipinski definition) is 7. The van der Waals surface area contributed by atoms with E-state index in [0.29, 0.717) is 32.4 Å². The lowest BCUT2D eigenvalue weighted by Gasteiger charge is -2.38. The number of piperazine rings is 1. The molecular weight excluding hydrogens is 368 g/mol. The Balaban J connectivity index is 1.51. The number of aryl methyl sites for hydroxylation is 2. The van der Waals surface area contributed by atoms with Crippen molar-refractivity contribution >= 4 is 11.9 Å². The van der Waals surface area contributed by atoms with E-state index in [2.05, 4.69) is 26.8 Å². The average Bonchev–Trinajstić information content (AvgIpc) is 2.84. The van der Waals surface area contributed by atoms with Crippen LogP contribution in [0.3, 0.4) is 0 Å². The Morgan fingerprint density at radius 1 is 1.07 bits per heavy atom. The summed E-state index contributed by atoms with van der Waals surface area (Å²) in [5.74, 6) is 0.423. The Labute approximate surface area is 174 Å². The summed E-state index contributed by atoms with van der Waals surface area (Å²) in [5.41, 5.74) is 7.70. The highest BCUT2D eigenvalue weighted by Crippen LogP contribution is 2.25. The Morgan fingerprint density at radius 3 is 2.38 bits per heavy atom. The molecule has 3 heterocycles. The van der Waals surface area contributed by atoms with Gasteiger partial charge in [0.15, 0.2) is 0 Å². The van der Waals surface area contributed by atoms with Crippen molar-refractivity contribution in [1.29, 1.82) is 0 Å². The highest BCUT2D eigenvalue weighted by atomic mass is 16.3. The molecule has 1 aromatic heterocycles. The maximum atomic E-state index is 12.8. The minimum Gasteiger partial charge on any atom is -0.388 e. The van der Waals surface area contributed by atoms with E-state index in [1.54, 1.807) is 0 Å². The number of amides is 1. The topological polar surface area (TPSA) is 98.8 Å². The standard InChI is InChI=1S/C21H36N6O2/c1-16-18(17(2)24-20(22)23-16)5-6-19(28)27-9-4-7-21(29,8-10-27)15-26-13-11-25(3)12-14-26/h29H,4-15H2,1-3H3,(H2,22,23,24)/t21-/m1/s1. The zero-order valence-electron chi connectivity index (χ0n) is 18.2. The van der Waals surface area contributed by atoms with E-state index in [-0.39, 0.29) is 11.9 Å². The number of carbonyl (C=O) groups is 1. The molecule has 8 heteroatoms. The third-order valence-corrected chi connectivity index (χ3v) is 6.41. The van der Waals surface area contributed by atoms with Crippen LogP contribution in [0.5, 0.6) is 0 Å². The van der Waals surface area contributed by atoms with Crippen molar-refractivity contribution in [2.75, 3.05) is 58.6 Å². The van der Waals surface area contributed by atoms with Gasteiger partial charge in [-0.05, 0) is 52.1 Å². The van der Waals surface area contributed by atoms with Crippen LogP contribution in [0.2, 0.25) is 0 Å². The number of β-amino-alcohol motifs (C(OH)–C–C–N with tert-alkyl or cyclic N) is 1. The zero-order chi connectivity index (χ0) is 21.0. The summed E-state index contributed by atoms with van der Waals surface area (Å²) in [4.78, 5) is 27.9. The van der Waals surface area contributed by atoms with E-state index in [9.17, 15) is 9.90 Å². The SMILES string of the molecule is Cc1nc(N)nc(C)c1CCC(=O)N1CCC[C@](O)(CN2CCN(C)CC2)CC1. The number of nitrogens with two attached hydrogens (primary N) is 1. The van der Waals surface area contributed by atoms with Gasteiger partial charge in [0.2, 0.25) is 11.9 Å². The molecule has 0 aromatic carbocycles. The molecule has 3 N–H and O–H groups in total. The van der Waals surface area contributed by atoms with E-state index in [1.807, 2.05) is 18.7 Å². The monoisotopic (exact) mass is 404 g/mol. The molecule has 0 saturated carbocycles. The molecule has 2 fully saturated rings. The van der Waals surface area contributed by atoms with Crippen LogP contribution in [-0.2, 0) is 11.2 Å². The van der Waals surface area contributed by atoms with E-state index in [0.717, 1.165) is 62.5 Å². The maximum absolute atomic E-state index is 12.8. The predicted octanol–water partition coefficient (Wildman–Crippen LogP) is 0.599. The number of nitrogen functional groups attached to an aromatic ring is 1. The minimum atomic E-state index is -0.692. The summed E-state index contributed by atoms with van der Waals surface area (Å²) in [6.45, 7) is 9.99. The number of carbonyl (C=O) groups excluding carboxylic acids is 1. The van der Waals surface area contributed by atoms with Crippen molar-refractivity contribution < 1.29 is 9.90 Å². The molecule has 2 aliphatic rings. The van der Waals surface area contributed by atoms with Gasteiger partial charge in [0.1, 0.15) is 0 Å². The van der Waals surface area contributed by atoms with Crippen molar-refractivity contribution in [2.45, 2.75) is 51.6 Å². The van der Waals surface area contributed by atoms with Gasteiger partial charge >= 0.3 is 0 Å². The lowest BCUT2D eigenvalue weighted by molar-refractivity contribution is -0.131. The van der Waals surface area contributed by atoms with Crippen molar-refractivity contribution in [1.82, 2.24) is 24.7 Å². The molecule has 0 radical (unpaired) electrons. The fraction of sp³-hybridized carbons (Fsp3) is 0.762.